The molecule has 2 aromatic rings. The van der Waals surface area contributed by atoms with Crippen LogP contribution in [0.2, 0.25) is 0 Å². The van der Waals surface area contributed by atoms with E-state index in [2.05, 4.69) is 28.8 Å². The number of nitrogens with one attached hydrogen (secondary N) is 2. The van der Waals surface area contributed by atoms with Crippen molar-refractivity contribution in [2.45, 2.75) is 31.9 Å². The lowest BCUT2D eigenvalue weighted by Crippen LogP contribution is -2.46. The number of nitrogens with zero attached hydrogens (tertiary/aromatic N) is 1. The van der Waals surface area contributed by atoms with E-state index in [4.69, 9.17) is 19.4 Å². The van der Waals surface area contributed by atoms with Crippen LogP contribution in [0.3, 0.4) is 0 Å². The summed E-state index contributed by atoms with van der Waals surface area (Å²) in [7, 11) is 1.65. The zero-order chi connectivity index (χ0) is 24.7. The molecule has 8 nitrogen and oxygen atoms in total. The van der Waals surface area contributed by atoms with Gasteiger partial charge in [0, 0.05) is 26.2 Å². The van der Waals surface area contributed by atoms with Crippen molar-refractivity contribution in [1.82, 2.24) is 15.5 Å². The predicted molar refractivity (Wildman–Crippen MR) is 116 cm³/mol. The number of ether oxygens (including phenoxy) is 2. The second-order valence-corrected chi connectivity index (χ2v) is 7.75. The average Bonchev–Trinajstić information content (AvgIpc) is 3.30. The minimum absolute atomic E-state index is 0.0459. The Morgan fingerprint density at radius 3 is 2.50 bits per heavy atom. The van der Waals surface area contributed by atoms with Gasteiger partial charge >= 0.3 is 18.2 Å². The minimum atomic E-state index is -5.08. The molecule has 2 heterocycles. The van der Waals surface area contributed by atoms with Crippen molar-refractivity contribution >= 4 is 12.0 Å². The Bertz CT molecular complexity index is 998. The van der Waals surface area contributed by atoms with Gasteiger partial charge in [-0.05, 0) is 34.4 Å². The Morgan fingerprint density at radius 2 is 1.85 bits per heavy atom. The molecule has 4 rings (SSSR count). The smallest absolute Gasteiger partial charge is 0.490 e. The van der Waals surface area contributed by atoms with E-state index in [9.17, 15) is 18.0 Å². The summed E-state index contributed by atoms with van der Waals surface area (Å²) in [5.41, 5.74) is 4.86. The van der Waals surface area contributed by atoms with Crippen LogP contribution in [-0.2, 0) is 29.2 Å². The van der Waals surface area contributed by atoms with E-state index in [0.717, 1.165) is 30.0 Å². The van der Waals surface area contributed by atoms with E-state index in [1.54, 1.807) is 7.11 Å². The van der Waals surface area contributed by atoms with Crippen LogP contribution in [0.1, 0.15) is 28.4 Å². The van der Waals surface area contributed by atoms with Crippen molar-refractivity contribution in [3.05, 3.63) is 64.7 Å². The van der Waals surface area contributed by atoms with Crippen LogP contribution in [0, 0.1) is 0 Å². The van der Waals surface area contributed by atoms with Crippen molar-refractivity contribution in [2.24, 2.45) is 0 Å². The third-order valence-corrected chi connectivity index (χ3v) is 5.43. The third-order valence-electron chi connectivity index (χ3n) is 5.43. The van der Waals surface area contributed by atoms with Gasteiger partial charge in [-0.25, -0.2) is 9.59 Å². The summed E-state index contributed by atoms with van der Waals surface area (Å²) in [6.45, 7) is 4.07. The normalized spacial score (nSPS) is 17.3. The lowest BCUT2D eigenvalue weighted by atomic mass is 10.1. The molecule has 2 aliphatic rings. The van der Waals surface area contributed by atoms with E-state index >= 15 is 0 Å². The van der Waals surface area contributed by atoms with E-state index in [1.807, 2.05) is 29.2 Å². The lowest BCUT2D eigenvalue weighted by molar-refractivity contribution is -0.192. The average molecular weight is 481 g/mol. The van der Waals surface area contributed by atoms with E-state index in [1.165, 1.54) is 11.1 Å². The molecule has 184 valence electrons. The molecule has 0 bridgehead atoms. The molecule has 1 fully saturated rings. The monoisotopic (exact) mass is 481 g/mol. The van der Waals surface area contributed by atoms with Gasteiger partial charge in [0.25, 0.3) is 0 Å². The second-order valence-electron chi connectivity index (χ2n) is 7.75. The van der Waals surface area contributed by atoms with Crippen molar-refractivity contribution in [1.29, 1.82) is 0 Å². The molecule has 1 atom stereocenters. The Kier molecular flexibility index (Phi) is 8.35. The zero-order valence-electron chi connectivity index (χ0n) is 18.5. The molecule has 0 spiro atoms. The van der Waals surface area contributed by atoms with Gasteiger partial charge < -0.3 is 30.1 Å². The van der Waals surface area contributed by atoms with Crippen LogP contribution in [-0.4, -0.2) is 55.0 Å². The quantitative estimate of drug-likeness (QED) is 0.620. The maximum atomic E-state index is 12.6. The first-order valence-electron chi connectivity index (χ1n) is 10.6. The molecule has 2 amide bonds. The Hall–Kier alpha value is -3.31. The van der Waals surface area contributed by atoms with Gasteiger partial charge in [-0.3, -0.25) is 0 Å². The molecule has 0 aromatic heterocycles. The third kappa shape index (κ3) is 6.84. The number of hydrogen-bond acceptors (Lipinski definition) is 5. The number of urea groups is 1. The lowest BCUT2D eigenvalue weighted by Gasteiger charge is -2.33. The topological polar surface area (TPSA) is 100 Å². The molecule has 3 N–H and O–H groups in total. The van der Waals surface area contributed by atoms with Gasteiger partial charge in [-0.2, -0.15) is 13.2 Å². The highest BCUT2D eigenvalue weighted by Crippen LogP contribution is 2.24. The molecule has 11 heteroatoms. The first-order valence-corrected chi connectivity index (χ1v) is 10.6. The Labute approximate surface area is 194 Å². The first-order chi connectivity index (χ1) is 16.2. The maximum Gasteiger partial charge on any atom is 0.490 e. The summed E-state index contributed by atoms with van der Waals surface area (Å²) in [4.78, 5) is 23.3. The van der Waals surface area contributed by atoms with Crippen molar-refractivity contribution in [2.75, 3.05) is 26.8 Å². The summed E-state index contributed by atoms with van der Waals surface area (Å²) in [6.07, 6.45) is -5.19. The number of alkyl halides is 3. The van der Waals surface area contributed by atoms with Gasteiger partial charge in [-0.15, -0.1) is 0 Å². The maximum absolute atomic E-state index is 12.6. The second kappa shape index (κ2) is 11.2. The number of carbonyl (C=O) groups excluding carboxylic acids is 1. The Balaban J connectivity index is 0.000000406. The molecular weight excluding hydrogens is 455 g/mol. The van der Waals surface area contributed by atoms with Gasteiger partial charge in [0.2, 0.25) is 0 Å². The highest BCUT2D eigenvalue weighted by Gasteiger charge is 2.38. The number of fused-ring (bicyclic) bond motifs is 1. The number of carboxylic acids is 1. The number of amides is 2. The van der Waals surface area contributed by atoms with Gasteiger partial charge in [0.05, 0.1) is 20.3 Å². The van der Waals surface area contributed by atoms with E-state index in [0.29, 0.717) is 26.2 Å². The van der Waals surface area contributed by atoms with Crippen LogP contribution in [0.25, 0.3) is 0 Å². The van der Waals surface area contributed by atoms with Gasteiger partial charge in [0.1, 0.15) is 11.9 Å². The molecule has 34 heavy (non-hydrogen) atoms. The number of benzene rings is 2. The fourth-order valence-electron chi connectivity index (χ4n) is 3.60. The molecule has 0 saturated carbocycles. The van der Waals surface area contributed by atoms with Crippen LogP contribution in [0.4, 0.5) is 18.0 Å². The highest BCUT2D eigenvalue weighted by atomic mass is 19.4. The van der Waals surface area contributed by atoms with Gasteiger partial charge in [-0.1, -0.05) is 30.3 Å². The number of methoxy groups -OCH3 is 1. The Morgan fingerprint density at radius 1 is 1.18 bits per heavy atom. The minimum Gasteiger partial charge on any atom is -0.497 e. The highest BCUT2D eigenvalue weighted by molar-refractivity contribution is 5.74. The van der Waals surface area contributed by atoms with Crippen LogP contribution in [0.15, 0.2) is 42.5 Å². The summed E-state index contributed by atoms with van der Waals surface area (Å²) < 4.78 is 42.8. The van der Waals surface area contributed by atoms with Crippen LogP contribution >= 0.6 is 0 Å². The molecule has 0 radical (unpaired) electrons. The van der Waals surface area contributed by atoms with Crippen LogP contribution in [0.5, 0.6) is 5.75 Å². The fourth-order valence-corrected chi connectivity index (χ4v) is 3.60. The fraction of sp³-hybridized carbons (Fsp3) is 0.391. The molecule has 0 aliphatic carbocycles. The molecule has 1 unspecified atom stereocenters. The number of hydrogen-bond donors (Lipinski definition) is 3. The molecule has 1 saturated heterocycles. The number of carbonyl (C=O) groups is 2. The zero-order valence-corrected chi connectivity index (χ0v) is 18.5. The summed E-state index contributed by atoms with van der Waals surface area (Å²) >= 11 is 0. The standard InChI is InChI=1S/C21H25N3O3.C2HF3O2/c1-26-19-6-4-16(5-7-19)20-14-24(8-9-27-20)21(25)23-11-15-2-3-17-12-22-13-18(17)10-15;3-2(4,5)1(6)7/h2-7,10,20,22H,8-9,11-14H2,1H3,(H,23,25);(H,6,7). The largest absolute Gasteiger partial charge is 0.497 e. The number of morpholine rings is 1. The number of carboxylic acid groups (broad SMARTS) is 1. The van der Waals surface area contributed by atoms with Crippen LogP contribution < -0.4 is 15.4 Å². The SMILES string of the molecule is COc1ccc(C2CN(C(=O)NCc3ccc4c(c3)CNC4)CCO2)cc1.O=C(O)C(F)(F)F. The van der Waals surface area contributed by atoms with E-state index in [-0.39, 0.29) is 12.1 Å². The van der Waals surface area contributed by atoms with Gasteiger partial charge in [0.15, 0.2) is 0 Å². The number of rotatable bonds is 4. The first kappa shape index (κ1) is 25.3. The number of halogens is 3. The molecule has 2 aromatic carbocycles. The van der Waals surface area contributed by atoms with Crippen molar-refractivity contribution in [3.8, 4) is 5.75 Å². The predicted octanol–water partition coefficient (Wildman–Crippen LogP) is 3.21. The number of aliphatic carboxylic acids is 1. The van der Waals surface area contributed by atoms with E-state index < -0.39 is 12.1 Å². The summed E-state index contributed by atoms with van der Waals surface area (Å²) in [5, 5.41) is 13.5. The van der Waals surface area contributed by atoms with Crippen molar-refractivity contribution in [3.63, 3.8) is 0 Å². The summed E-state index contributed by atoms with van der Waals surface area (Å²) in [6, 6.07) is 14.2. The summed E-state index contributed by atoms with van der Waals surface area (Å²) in [5.74, 6) is -1.94. The van der Waals surface area contributed by atoms with Crippen molar-refractivity contribution < 1.29 is 37.3 Å². The molecular formula is C23H26F3N3O5. The molecule has 2 aliphatic heterocycles.